The summed E-state index contributed by atoms with van der Waals surface area (Å²) >= 11 is 0. The molecule has 6 nitrogen and oxygen atoms in total. The van der Waals surface area contributed by atoms with Gasteiger partial charge < -0.3 is 14.8 Å². The Morgan fingerprint density at radius 1 is 1.18 bits per heavy atom. The maximum Gasteiger partial charge on any atom is 0.259 e. The van der Waals surface area contributed by atoms with E-state index < -0.39 is 5.60 Å². The first kappa shape index (κ1) is 18.2. The lowest BCUT2D eigenvalue weighted by Crippen LogP contribution is -2.36. The van der Waals surface area contributed by atoms with Crippen LogP contribution in [0.15, 0.2) is 36.7 Å². The lowest BCUT2D eigenvalue weighted by molar-refractivity contribution is 0.0726. The number of Topliss-reactive ketones (excluding diaryl/α,β-unsaturated/α-hetero) is 1. The molecule has 0 fully saturated rings. The number of carbonyl (C=O) groups excluding carboxylic acids is 2. The van der Waals surface area contributed by atoms with E-state index in [-0.39, 0.29) is 23.7 Å². The van der Waals surface area contributed by atoms with Crippen molar-refractivity contribution in [1.82, 2.24) is 4.98 Å². The summed E-state index contributed by atoms with van der Waals surface area (Å²) < 4.78 is 12.2. The highest BCUT2D eigenvalue weighted by molar-refractivity contribution is 6.11. The lowest BCUT2D eigenvalue weighted by atomic mass is 9.87. The molecule has 28 heavy (non-hydrogen) atoms. The van der Waals surface area contributed by atoms with Crippen molar-refractivity contribution in [2.24, 2.45) is 5.92 Å². The van der Waals surface area contributed by atoms with Crippen LogP contribution >= 0.6 is 0 Å². The molecule has 1 aromatic carbocycles. The predicted molar refractivity (Wildman–Crippen MR) is 106 cm³/mol. The highest BCUT2D eigenvalue weighted by atomic mass is 16.5. The Kier molecular flexibility index (Phi) is 4.22. The normalized spacial score (nSPS) is 21.8. The molecule has 2 atom stereocenters. The summed E-state index contributed by atoms with van der Waals surface area (Å²) in [6.45, 7) is 7.53. The van der Waals surface area contributed by atoms with E-state index in [2.05, 4.69) is 10.3 Å². The first-order valence-corrected chi connectivity index (χ1v) is 9.28. The molecule has 0 radical (unpaired) electrons. The first-order chi connectivity index (χ1) is 13.3. The van der Waals surface area contributed by atoms with Gasteiger partial charge in [-0.25, -0.2) is 0 Å². The molecule has 1 aromatic heterocycles. The van der Waals surface area contributed by atoms with Crippen LogP contribution < -0.4 is 14.8 Å². The fraction of sp³-hybridized carbons (Fsp3) is 0.318. The van der Waals surface area contributed by atoms with Crippen molar-refractivity contribution in [2.75, 3.05) is 5.32 Å². The largest absolute Gasteiger partial charge is 0.488 e. The molecule has 2 unspecified atom stereocenters. The topological polar surface area (TPSA) is 77.5 Å². The molecule has 3 heterocycles. The van der Waals surface area contributed by atoms with E-state index in [1.165, 1.54) is 0 Å². The summed E-state index contributed by atoms with van der Waals surface area (Å²) in [5.74, 6) is 0.236. The maximum atomic E-state index is 13.0. The Morgan fingerprint density at radius 2 is 1.89 bits per heavy atom. The average molecular weight is 378 g/mol. The third-order valence-electron chi connectivity index (χ3n) is 5.15. The number of amides is 1. The zero-order valence-corrected chi connectivity index (χ0v) is 16.3. The quantitative estimate of drug-likeness (QED) is 0.851. The minimum absolute atomic E-state index is 0.0345. The minimum atomic E-state index is -0.579. The number of anilines is 1. The van der Waals surface area contributed by atoms with Gasteiger partial charge in [0, 0.05) is 18.1 Å². The van der Waals surface area contributed by atoms with Crippen molar-refractivity contribution in [3.63, 3.8) is 0 Å². The number of ether oxygens (including phenoxy) is 2. The van der Waals surface area contributed by atoms with Gasteiger partial charge in [0.25, 0.3) is 5.91 Å². The number of pyridine rings is 1. The van der Waals surface area contributed by atoms with Crippen molar-refractivity contribution >= 4 is 23.5 Å². The number of fused-ring (bicyclic) bond motifs is 3. The van der Waals surface area contributed by atoms with Crippen LogP contribution in [0.2, 0.25) is 0 Å². The second kappa shape index (κ2) is 6.48. The number of aromatic nitrogens is 1. The van der Waals surface area contributed by atoms with Crippen LogP contribution in [0.3, 0.4) is 0 Å². The van der Waals surface area contributed by atoms with Crippen LogP contribution in [0, 0.1) is 5.92 Å². The number of nitrogens with one attached hydrogen (secondary N) is 1. The smallest absolute Gasteiger partial charge is 0.259 e. The van der Waals surface area contributed by atoms with Crippen molar-refractivity contribution in [2.45, 2.75) is 39.4 Å². The summed E-state index contributed by atoms with van der Waals surface area (Å²) in [4.78, 5) is 29.9. The first-order valence-electron chi connectivity index (χ1n) is 9.28. The van der Waals surface area contributed by atoms with E-state index in [1.807, 2.05) is 39.8 Å². The Balaban J connectivity index is 1.86. The molecule has 0 bridgehead atoms. The number of benzene rings is 1. The molecular weight excluding hydrogens is 356 g/mol. The van der Waals surface area contributed by atoms with Gasteiger partial charge in [-0.05, 0) is 51.1 Å². The molecule has 4 rings (SSSR count). The molecule has 0 saturated carbocycles. The summed E-state index contributed by atoms with van der Waals surface area (Å²) in [6, 6.07) is 4.99. The maximum absolute atomic E-state index is 13.0. The van der Waals surface area contributed by atoms with Crippen molar-refractivity contribution in [3.05, 3.63) is 53.4 Å². The van der Waals surface area contributed by atoms with Gasteiger partial charge in [-0.15, -0.1) is 0 Å². The summed E-state index contributed by atoms with van der Waals surface area (Å²) in [6.07, 6.45) is 6.72. The Hall–Kier alpha value is -3.15. The minimum Gasteiger partial charge on any atom is -0.488 e. The van der Waals surface area contributed by atoms with Crippen LogP contribution in [-0.2, 0) is 0 Å². The van der Waals surface area contributed by atoms with Crippen LogP contribution in [-0.4, -0.2) is 28.4 Å². The number of hydrogen-bond acceptors (Lipinski definition) is 5. The Morgan fingerprint density at radius 3 is 2.61 bits per heavy atom. The molecule has 144 valence electrons. The second-order valence-electron chi connectivity index (χ2n) is 7.75. The molecule has 1 amide bonds. The molecule has 0 saturated heterocycles. The second-order valence-corrected chi connectivity index (χ2v) is 7.75. The monoisotopic (exact) mass is 378 g/mol. The molecule has 0 spiro atoms. The molecule has 6 heteroatoms. The standard InChI is InChI=1S/C22H22N2O4/c1-12-13(2)27-19-15-5-8-22(3,4)28-20(15)17(11-16(19)18(12)25)21(26)24-14-6-9-23-10-7-14/h5-13H,1-4H3,(H,23,24,26). The van der Waals surface area contributed by atoms with Crippen LogP contribution in [0.1, 0.15) is 54.0 Å². The number of rotatable bonds is 2. The Bertz CT molecular complexity index is 995. The third-order valence-corrected chi connectivity index (χ3v) is 5.15. The third kappa shape index (κ3) is 3.05. The van der Waals surface area contributed by atoms with Crippen molar-refractivity contribution < 1.29 is 19.1 Å². The van der Waals surface area contributed by atoms with E-state index in [0.29, 0.717) is 33.9 Å². The highest BCUT2D eigenvalue weighted by Crippen LogP contribution is 2.45. The number of carbonyl (C=O) groups is 2. The van der Waals surface area contributed by atoms with Gasteiger partial charge in [-0.3, -0.25) is 14.6 Å². The highest BCUT2D eigenvalue weighted by Gasteiger charge is 2.38. The number of nitrogens with zero attached hydrogens (tertiary/aromatic N) is 1. The average Bonchev–Trinajstić information content (AvgIpc) is 2.65. The van der Waals surface area contributed by atoms with E-state index in [4.69, 9.17) is 9.47 Å². The fourth-order valence-electron chi connectivity index (χ4n) is 3.37. The van der Waals surface area contributed by atoms with Crippen LogP contribution in [0.4, 0.5) is 5.69 Å². The molecule has 2 aromatic rings. The van der Waals surface area contributed by atoms with Crippen molar-refractivity contribution in [1.29, 1.82) is 0 Å². The SMILES string of the molecule is CC1Oc2c(cc(C(=O)Nc3ccncc3)c3c2C=CC(C)(C)O3)C(=O)C1C. The van der Waals surface area contributed by atoms with E-state index in [1.54, 1.807) is 30.6 Å². The van der Waals surface area contributed by atoms with E-state index in [0.717, 1.165) is 0 Å². The summed E-state index contributed by atoms with van der Waals surface area (Å²) in [7, 11) is 0. The molecule has 1 N–H and O–H groups in total. The summed E-state index contributed by atoms with van der Waals surface area (Å²) in [5.41, 5.74) is 1.38. The molecular formula is C22H22N2O4. The Labute approximate surface area is 163 Å². The van der Waals surface area contributed by atoms with E-state index >= 15 is 0 Å². The van der Waals surface area contributed by atoms with Gasteiger partial charge in [-0.1, -0.05) is 6.92 Å². The van der Waals surface area contributed by atoms with Gasteiger partial charge in [0.05, 0.1) is 22.6 Å². The van der Waals surface area contributed by atoms with Gasteiger partial charge >= 0.3 is 0 Å². The molecule has 2 aliphatic rings. The molecule has 2 aliphatic heterocycles. The van der Waals surface area contributed by atoms with Gasteiger partial charge in [-0.2, -0.15) is 0 Å². The summed E-state index contributed by atoms with van der Waals surface area (Å²) in [5, 5.41) is 2.84. The number of hydrogen-bond donors (Lipinski definition) is 1. The lowest BCUT2D eigenvalue weighted by Gasteiger charge is -2.34. The van der Waals surface area contributed by atoms with Crippen LogP contribution in [0.5, 0.6) is 11.5 Å². The zero-order valence-electron chi connectivity index (χ0n) is 16.3. The molecule has 0 aliphatic carbocycles. The van der Waals surface area contributed by atoms with Crippen LogP contribution in [0.25, 0.3) is 6.08 Å². The fourth-order valence-corrected chi connectivity index (χ4v) is 3.37. The van der Waals surface area contributed by atoms with E-state index in [9.17, 15) is 9.59 Å². The number of ketones is 1. The van der Waals surface area contributed by atoms with Crippen molar-refractivity contribution in [3.8, 4) is 11.5 Å². The zero-order chi connectivity index (χ0) is 20.1. The predicted octanol–water partition coefficient (Wildman–Crippen LogP) is 4.12. The van der Waals surface area contributed by atoms with Gasteiger partial charge in [0.2, 0.25) is 0 Å². The van der Waals surface area contributed by atoms with Gasteiger partial charge in [0.1, 0.15) is 23.2 Å². The van der Waals surface area contributed by atoms with Gasteiger partial charge in [0.15, 0.2) is 5.78 Å².